The predicted molar refractivity (Wildman–Crippen MR) is 112 cm³/mol. The van der Waals surface area contributed by atoms with Crippen LogP contribution in [0.1, 0.15) is 56.5 Å². The average Bonchev–Trinajstić information content (AvgIpc) is 3.28. The summed E-state index contributed by atoms with van der Waals surface area (Å²) in [7, 11) is 3.44. The van der Waals surface area contributed by atoms with Crippen LogP contribution >= 0.6 is 0 Å². The number of hydrogen-bond acceptors (Lipinski definition) is 5. The van der Waals surface area contributed by atoms with Gasteiger partial charge >= 0.3 is 5.97 Å². The molecule has 2 heterocycles. The first-order chi connectivity index (χ1) is 14.4. The third kappa shape index (κ3) is 3.94. The van der Waals surface area contributed by atoms with E-state index in [0.717, 1.165) is 5.56 Å². The smallest absolute Gasteiger partial charge is 0.340 e. The van der Waals surface area contributed by atoms with Crippen molar-refractivity contribution in [1.29, 1.82) is 0 Å². The molecule has 3 aromatic rings. The fraction of sp³-hybridized carbons (Fsp3) is 0.318. The van der Waals surface area contributed by atoms with Gasteiger partial charge in [0.25, 0.3) is 5.91 Å². The highest BCUT2D eigenvalue weighted by Crippen LogP contribution is 2.30. The van der Waals surface area contributed by atoms with Crippen molar-refractivity contribution in [2.24, 2.45) is 7.05 Å². The molecule has 1 amide bonds. The minimum Gasteiger partial charge on any atom is -0.496 e. The fourth-order valence-corrected chi connectivity index (χ4v) is 3.53. The second-order valence-corrected chi connectivity index (χ2v) is 6.89. The molecule has 0 fully saturated rings. The van der Waals surface area contributed by atoms with E-state index in [-0.39, 0.29) is 12.5 Å². The molecule has 0 aliphatic carbocycles. The van der Waals surface area contributed by atoms with E-state index in [0.29, 0.717) is 34.1 Å². The summed E-state index contributed by atoms with van der Waals surface area (Å²) in [4.78, 5) is 33.0. The van der Waals surface area contributed by atoms with Crippen molar-refractivity contribution in [2.75, 3.05) is 13.7 Å². The number of benzene rings is 1. The lowest BCUT2D eigenvalue weighted by Gasteiger charge is -2.21. The Kier molecular flexibility index (Phi) is 6.25. The number of esters is 1. The Morgan fingerprint density at radius 3 is 2.63 bits per heavy atom. The molecule has 8 heteroatoms. The van der Waals surface area contributed by atoms with Gasteiger partial charge in [0.15, 0.2) is 0 Å². The van der Waals surface area contributed by atoms with Crippen molar-refractivity contribution in [2.45, 2.75) is 26.8 Å². The number of nitrogens with one attached hydrogen (secondary N) is 2. The number of aromatic nitrogens is 3. The second kappa shape index (κ2) is 8.86. The van der Waals surface area contributed by atoms with Gasteiger partial charge in [-0.3, -0.25) is 4.79 Å². The van der Waals surface area contributed by atoms with E-state index in [4.69, 9.17) is 9.47 Å². The second-order valence-electron chi connectivity index (χ2n) is 6.89. The lowest BCUT2D eigenvalue weighted by molar-refractivity contribution is 0.0525. The van der Waals surface area contributed by atoms with Crippen LogP contribution in [0.15, 0.2) is 36.7 Å². The van der Waals surface area contributed by atoms with E-state index in [2.05, 4.69) is 15.3 Å². The first-order valence-corrected chi connectivity index (χ1v) is 9.66. The molecule has 2 aromatic heterocycles. The van der Waals surface area contributed by atoms with Crippen LogP contribution in [0.25, 0.3) is 0 Å². The van der Waals surface area contributed by atoms with Crippen molar-refractivity contribution in [3.63, 3.8) is 0 Å². The molecule has 8 nitrogen and oxygen atoms in total. The number of rotatable bonds is 7. The average molecular weight is 410 g/mol. The predicted octanol–water partition coefficient (Wildman–Crippen LogP) is 3.07. The van der Waals surface area contributed by atoms with E-state index >= 15 is 0 Å². The third-order valence-electron chi connectivity index (χ3n) is 4.99. The topological polar surface area (TPSA) is 98.2 Å². The Morgan fingerprint density at radius 2 is 2.00 bits per heavy atom. The molecule has 0 bridgehead atoms. The van der Waals surface area contributed by atoms with E-state index in [1.165, 1.54) is 0 Å². The van der Waals surface area contributed by atoms with Gasteiger partial charge < -0.3 is 24.3 Å². The van der Waals surface area contributed by atoms with E-state index in [1.54, 1.807) is 34.1 Å². The van der Waals surface area contributed by atoms with Crippen molar-refractivity contribution < 1.29 is 19.1 Å². The Morgan fingerprint density at radius 1 is 1.27 bits per heavy atom. The Hall–Kier alpha value is -3.55. The fourth-order valence-electron chi connectivity index (χ4n) is 3.53. The molecule has 0 saturated heterocycles. The van der Waals surface area contributed by atoms with Crippen molar-refractivity contribution in [1.82, 2.24) is 19.9 Å². The molecule has 2 N–H and O–H groups in total. The molecule has 158 valence electrons. The number of hydrogen-bond donors (Lipinski definition) is 2. The standard InChI is InChI=1S/C22H26N4O4/c1-6-30-22(28)17-13(2)18(24-14(17)3)21(27)25-19(20-23-11-12-26(20)4)15-9-7-8-10-16(15)29-5/h7-12,19,24H,6H2,1-5H3,(H,25,27). The minimum atomic E-state index is -0.553. The first-order valence-electron chi connectivity index (χ1n) is 9.66. The van der Waals surface area contributed by atoms with Crippen LogP contribution in [0.5, 0.6) is 5.75 Å². The lowest BCUT2D eigenvalue weighted by Crippen LogP contribution is -2.32. The van der Waals surface area contributed by atoms with Crippen LogP contribution in [0.2, 0.25) is 0 Å². The zero-order valence-corrected chi connectivity index (χ0v) is 17.8. The zero-order chi connectivity index (χ0) is 21.8. The number of methoxy groups -OCH3 is 1. The minimum absolute atomic E-state index is 0.263. The molecule has 30 heavy (non-hydrogen) atoms. The van der Waals surface area contributed by atoms with Gasteiger partial charge in [0.05, 0.1) is 19.3 Å². The van der Waals surface area contributed by atoms with Gasteiger partial charge in [-0.25, -0.2) is 9.78 Å². The van der Waals surface area contributed by atoms with Crippen LogP contribution in [0.3, 0.4) is 0 Å². The molecular weight excluding hydrogens is 384 g/mol. The van der Waals surface area contributed by atoms with Crippen molar-refractivity contribution in [3.8, 4) is 5.75 Å². The van der Waals surface area contributed by atoms with Crippen LogP contribution in [0.4, 0.5) is 0 Å². The number of imidazole rings is 1. The van der Waals surface area contributed by atoms with Gasteiger partial charge in [-0.2, -0.15) is 0 Å². The van der Waals surface area contributed by atoms with Gasteiger partial charge in [0.2, 0.25) is 0 Å². The third-order valence-corrected chi connectivity index (χ3v) is 4.99. The van der Waals surface area contributed by atoms with Gasteiger partial charge in [-0.15, -0.1) is 0 Å². The Balaban J connectivity index is 2.00. The number of aryl methyl sites for hydroxylation is 2. The first kappa shape index (κ1) is 21.2. The van der Waals surface area contributed by atoms with Crippen molar-refractivity contribution in [3.05, 3.63) is 70.6 Å². The summed E-state index contributed by atoms with van der Waals surface area (Å²) in [5.74, 6) is 0.482. The maximum Gasteiger partial charge on any atom is 0.340 e. The summed E-state index contributed by atoms with van der Waals surface area (Å²) in [5.41, 5.74) is 2.59. The number of amides is 1. The van der Waals surface area contributed by atoms with Crippen LogP contribution < -0.4 is 10.1 Å². The summed E-state index contributed by atoms with van der Waals surface area (Å²) < 4.78 is 12.5. The quantitative estimate of drug-likeness (QED) is 0.584. The SMILES string of the molecule is CCOC(=O)c1c(C)[nH]c(C(=O)NC(c2ccccc2OC)c2nccn2C)c1C. The van der Waals surface area contributed by atoms with E-state index in [9.17, 15) is 9.59 Å². The summed E-state index contributed by atoms with van der Waals surface area (Å²) in [6, 6.07) is 6.91. The molecule has 3 rings (SSSR count). The van der Waals surface area contributed by atoms with Crippen LogP contribution in [0, 0.1) is 13.8 Å². The summed E-state index contributed by atoms with van der Waals surface area (Å²) in [6.45, 7) is 5.48. The van der Waals surface area contributed by atoms with E-state index in [1.807, 2.05) is 42.1 Å². The molecule has 0 radical (unpaired) electrons. The molecule has 1 aromatic carbocycles. The maximum atomic E-state index is 13.2. The van der Waals surface area contributed by atoms with Gasteiger partial charge in [-0.05, 0) is 32.4 Å². The van der Waals surface area contributed by atoms with Gasteiger partial charge in [-0.1, -0.05) is 18.2 Å². The zero-order valence-electron chi connectivity index (χ0n) is 17.8. The number of carbonyl (C=O) groups is 2. The maximum absolute atomic E-state index is 13.2. The Bertz CT molecular complexity index is 1070. The monoisotopic (exact) mass is 410 g/mol. The number of H-pyrrole nitrogens is 1. The number of para-hydroxylation sites is 1. The Labute approximate surface area is 175 Å². The molecule has 0 aliphatic rings. The van der Waals surface area contributed by atoms with Gasteiger partial charge in [0.1, 0.15) is 23.3 Å². The number of carbonyl (C=O) groups excluding carboxylic acids is 2. The molecule has 0 spiro atoms. The molecule has 1 atom stereocenters. The number of aromatic amines is 1. The summed E-state index contributed by atoms with van der Waals surface area (Å²) in [5, 5.41) is 3.03. The highest BCUT2D eigenvalue weighted by molar-refractivity contribution is 6.00. The van der Waals surface area contributed by atoms with Gasteiger partial charge in [0, 0.05) is 30.7 Å². The molecule has 0 saturated carbocycles. The molecular formula is C22H26N4O4. The molecule has 1 unspecified atom stereocenters. The van der Waals surface area contributed by atoms with Crippen LogP contribution in [-0.4, -0.2) is 40.1 Å². The number of ether oxygens (including phenoxy) is 2. The highest BCUT2D eigenvalue weighted by atomic mass is 16.5. The lowest BCUT2D eigenvalue weighted by atomic mass is 10.0. The largest absolute Gasteiger partial charge is 0.496 e. The summed E-state index contributed by atoms with van der Waals surface area (Å²) >= 11 is 0. The highest BCUT2D eigenvalue weighted by Gasteiger charge is 2.28. The number of nitrogens with zero attached hydrogens (tertiary/aromatic N) is 2. The summed E-state index contributed by atoms with van der Waals surface area (Å²) in [6.07, 6.45) is 3.49. The molecule has 0 aliphatic heterocycles. The van der Waals surface area contributed by atoms with Crippen molar-refractivity contribution >= 4 is 11.9 Å². The van der Waals surface area contributed by atoms with Crippen LogP contribution in [-0.2, 0) is 11.8 Å². The normalized spacial score (nSPS) is 11.8. The van der Waals surface area contributed by atoms with E-state index < -0.39 is 12.0 Å².